The van der Waals surface area contributed by atoms with Crippen molar-refractivity contribution in [2.75, 3.05) is 38.9 Å². The van der Waals surface area contributed by atoms with Crippen molar-refractivity contribution in [1.29, 1.82) is 0 Å². The third kappa shape index (κ3) is 6.35. The molecular weight excluding hydrogens is 406 g/mol. The molecule has 3 rings (SSSR count). The van der Waals surface area contributed by atoms with Crippen LogP contribution in [0.25, 0.3) is 0 Å². The van der Waals surface area contributed by atoms with Crippen LogP contribution < -0.4 is 14.2 Å². The van der Waals surface area contributed by atoms with E-state index in [0.29, 0.717) is 25.3 Å². The van der Waals surface area contributed by atoms with Crippen molar-refractivity contribution in [1.82, 2.24) is 4.90 Å². The molecule has 1 heterocycles. The molecule has 2 aromatic rings. The van der Waals surface area contributed by atoms with Crippen LogP contribution in [-0.4, -0.2) is 69.4 Å². The van der Waals surface area contributed by atoms with Gasteiger partial charge in [0.2, 0.25) is 0 Å². The van der Waals surface area contributed by atoms with E-state index in [2.05, 4.69) is 0 Å². The lowest BCUT2D eigenvalue weighted by molar-refractivity contribution is 0.0524. The van der Waals surface area contributed by atoms with Crippen LogP contribution in [0.2, 0.25) is 0 Å². The Labute approximate surface area is 178 Å². The van der Waals surface area contributed by atoms with Gasteiger partial charge < -0.3 is 19.3 Å². The molecule has 30 heavy (non-hydrogen) atoms. The number of hydrogen-bond acceptors (Lipinski definition) is 7. The Hall–Kier alpha value is -2.29. The van der Waals surface area contributed by atoms with Crippen molar-refractivity contribution >= 4 is 9.84 Å². The fourth-order valence-corrected chi connectivity index (χ4v) is 5.36. The summed E-state index contributed by atoms with van der Waals surface area (Å²) >= 11 is 0. The molecule has 0 bridgehead atoms. The number of hydrogen-bond donors (Lipinski definition) is 1. The van der Waals surface area contributed by atoms with Gasteiger partial charge in [-0.3, -0.25) is 4.90 Å². The average molecular weight is 436 g/mol. The lowest BCUT2D eigenvalue weighted by Gasteiger charge is -2.30. The molecule has 0 aromatic heterocycles. The summed E-state index contributed by atoms with van der Waals surface area (Å²) in [5.41, 5.74) is 1.00. The molecule has 1 N–H and O–H groups in total. The van der Waals surface area contributed by atoms with Gasteiger partial charge in [-0.1, -0.05) is 12.1 Å². The fourth-order valence-electron chi connectivity index (χ4n) is 3.60. The highest BCUT2D eigenvalue weighted by molar-refractivity contribution is 7.91. The van der Waals surface area contributed by atoms with E-state index < -0.39 is 15.9 Å². The van der Waals surface area contributed by atoms with E-state index in [4.69, 9.17) is 14.2 Å². The van der Waals surface area contributed by atoms with E-state index in [1.807, 2.05) is 29.2 Å². The Morgan fingerprint density at radius 1 is 1.07 bits per heavy atom. The minimum Gasteiger partial charge on any atom is -0.497 e. The molecule has 8 heteroatoms. The van der Waals surface area contributed by atoms with Crippen LogP contribution in [0.15, 0.2) is 48.5 Å². The topological polar surface area (TPSA) is 85.3 Å². The summed E-state index contributed by atoms with van der Waals surface area (Å²) in [5.74, 6) is 2.41. The highest BCUT2D eigenvalue weighted by Gasteiger charge is 2.33. The van der Waals surface area contributed by atoms with E-state index in [1.165, 1.54) is 0 Å². The predicted octanol–water partition coefficient (Wildman–Crippen LogP) is 2.13. The molecule has 7 nitrogen and oxygen atoms in total. The Balaban J connectivity index is 1.64. The molecule has 0 radical (unpaired) electrons. The summed E-state index contributed by atoms with van der Waals surface area (Å²) in [5, 5.41) is 10.6. The second kappa shape index (κ2) is 10.1. The summed E-state index contributed by atoms with van der Waals surface area (Å²) in [4.78, 5) is 2.03. The quantitative estimate of drug-likeness (QED) is 0.612. The van der Waals surface area contributed by atoms with Crippen molar-refractivity contribution in [2.45, 2.75) is 25.1 Å². The number of ether oxygens (including phenoxy) is 3. The highest BCUT2D eigenvalue weighted by atomic mass is 32.2. The number of sulfone groups is 1. The Kier molecular flexibility index (Phi) is 7.58. The second-order valence-corrected chi connectivity index (χ2v) is 9.71. The molecule has 2 atom stereocenters. The van der Waals surface area contributed by atoms with E-state index in [0.717, 1.165) is 17.1 Å². The SMILES string of the molecule is COc1ccc(OC[C@H](O)CN(Cc2cccc(OC)c2)[C@H]2CCS(=O)(=O)C2)cc1. The van der Waals surface area contributed by atoms with Crippen LogP contribution in [0.3, 0.4) is 0 Å². The van der Waals surface area contributed by atoms with Crippen molar-refractivity contribution in [3.8, 4) is 17.2 Å². The Bertz CT molecular complexity index is 915. The number of benzene rings is 2. The number of aliphatic hydroxyl groups is 1. The zero-order chi connectivity index (χ0) is 21.6. The minimum absolute atomic E-state index is 0.112. The Morgan fingerprint density at radius 2 is 1.77 bits per heavy atom. The zero-order valence-electron chi connectivity index (χ0n) is 17.4. The number of aliphatic hydroxyl groups excluding tert-OH is 1. The maximum Gasteiger partial charge on any atom is 0.151 e. The first-order valence-electron chi connectivity index (χ1n) is 9.91. The van der Waals surface area contributed by atoms with Gasteiger partial charge >= 0.3 is 0 Å². The maximum atomic E-state index is 12.0. The van der Waals surface area contributed by atoms with Crippen molar-refractivity contribution < 1.29 is 27.7 Å². The van der Waals surface area contributed by atoms with Gasteiger partial charge in [0.15, 0.2) is 9.84 Å². The lowest BCUT2D eigenvalue weighted by Crippen LogP contribution is -2.42. The van der Waals surface area contributed by atoms with Gasteiger partial charge in [-0.25, -0.2) is 8.42 Å². The standard InChI is InChI=1S/C22H29NO6S/c1-27-20-6-8-21(9-7-20)29-15-19(24)14-23(18-10-11-30(25,26)16-18)13-17-4-3-5-22(12-17)28-2/h3-9,12,18-19,24H,10-11,13-16H2,1-2H3/t18-,19+/m0/s1. The molecule has 1 saturated heterocycles. The van der Waals surface area contributed by atoms with Gasteiger partial charge in [0.25, 0.3) is 0 Å². The molecule has 0 amide bonds. The van der Waals surface area contributed by atoms with Crippen LogP contribution in [0.1, 0.15) is 12.0 Å². The van der Waals surface area contributed by atoms with Crippen LogP contribution in [0.5, 0.6) is 17.2 Å². The van der Waals surface area contributed by atoms with Crippen LogP contribution in [0.4, 0.5) is 0 Å². The monoisotopic (exact) mass is 435 g/mol. The molecule has 0 unspecified atom stereocenters. The maximum absolute atomic E-state index is 12.0. The highest BCUT2D eigenvalue weighted by Crippen LogP contribution is 2.22. The van der Waals surface area contributed by atoms with E-state index >= 15 is 0 Å². The fraction of sp³-hybridized carbons (Fsp3) is 0.455. The summed E-state index contributed by atoms with van der Waals surface area (Å²) in [7, 11) is 0.174. The first-order valence-corrected chi connectivity index (χ1v) is 11.7. The third-order valence-electron chi connectivity index (χ3n) is 5.19. The summed E-state index contributed by atoms with van der Waals surface area (Å²) in [6.07, 6.45) is -0.195. The lowest BCUT2D eigenvalue weighted by atomic mass is 10.1. The van der Waals surface area contributed by atoms with E-state index in [-0.39, 0.29) is 24.2 Å². The number of nitrogens with zero attached hydrogens (tertiary/aromatic N) is 1. The molecule has 0 spiro atoms. The predicted molar refractivity (Wildman–Crippen MR) is 115 cm³/mol. The van der Waals surface area contributed by atoms with Crippen LogP contribution in [0, 0.1) is 0 Å². The first kappa shape index (κ1) is 22.4. The van der Waals surface area contributed by atoms with Gasteiger partial charge in [-0.2, -0.15) is 0 Å². The van der Waals surface area contributed by atoms with Gasteiger partial charge in [-0.15, -0.1) is 0 Å². The summed E-state index contributed by atoms with van der Waals surface area (Å²) in [6.45, 7) is 0.949. The zero-order valence-corrected chi connectivity index (χ0v) is 18.2. The average Bonchev–Trinajstić information content (AvgIpc) is 3.12. The third-order valence-corrected chi connectivity index (χ3v) is 6.94. The molecule has 0 saturated carbocycles. The molecule has 1 aliphatic heterocycles. The van der Waals surface area contributed by atoms with Gasteiger partial charge in [0.1, 0.15) is 30.0 Å². The van der Waals surface area contributed by atoms with Crippen molar-refractivity contribution in [3.05, 3.63) is 54.1 Å². The van der Waals surface area contributed by atoms with Crippen molar-refractivity contribution in [2.24, 2.45) is 0 Å². The van der Waals surface area contributed by atoms with Gasteiger partial charge in [-0.05, 0) is 48.4 Å². The van der Waals surface area contributed by atoms with Crippen molar-refractivity contribution in [3.63, 3.8) is 0 Å². The molecule has 0 aliphatic carbocycles. The normalized spacial score (nSPS) is 18.9. The second-order valence-electron chi connectivity index (χ2n) is 7.48. The minimum atomic E-state index is -3.03. The molecule has 1 fully saturated rings. The Morgan fingerprint density at radius 3 is 2.40 bits per heavy atom. The van der Waals surface area contributed by atoms with Crippen LogP contribution >= 0.6 is 0 Å². The summed E-state index contributed by atoms with van der Waals surface area (Å²) in [6, 6.07) is 14.7. The molecular formula is C22H29NO6S. The van der Waals surface area contributed by atoms with E-state index in [9.17, 15) is 13.5 Å². The number of methoxy groups -OCH3 is 2. The summed E-state index contributed by atoms with van der Waals surface area (Å²) < 4.78 is 40.1. The van der Waals surface area contributed by atoms with Gasteiger partial charge in [0, 0.05) is 19.1 Å². The van der Waals surface area contributed by atoms with Crippen LogP contribution in [-0.2, 0) is 16.4 Å². The molecule has 164 valence electrons. The van der Waals surface area contributed by atoms with E-state index in [1.54, 1.807) is 38.5 Å². The number of rotatable bonds is 10. The molecule has 2 aromatic carbocycles. The smallest absolute Gasteiger partial charge is 0.151 e. The van der Waals surface area contributed by atoms with Gasteiger partial charge in [0.05, 0.1) is 25.7 Å². The molecule has 1 aliphatic rings. The first-order chi connectivity index (χ1) is 14.4. The largest absolute Gasteiger partial charge is 0.497 e.